The third-order valence-electron chi connectivity index (χ3n) is 5.52. The van der Waals surface area contributed by atoms with E-state index in [-0.39, 0.29) is 18.4 Å². The predicted molar refractivity (Wildman–Crippen MR) is 121 cm³/mol. The molecule has 1 aliphatic rings. The smallest absolute Gasteiger partial charge is 0.224 e. The van der Waals surface area contributed by atoms with Crippen molar-refractivity contribution in [3.05, 3.63) is 65.1 Å². The van der Waals surface area contributed by atoms with Gasteiger partial charge in [-0.3, -0.25) is 9.78 Å². The van der Waals surface area contributed by atoms with Crippen LogP contribution in [0.3, 0.4) is 0 Å². The highest BCUT2D eigenvalue weighted by atomic mass is 16.5. The van der Waals surface area contributed by atoms with Crippen molar-refractivity contribution in [1.29, 1.82) is 0 Å². The van der Waals surface area contributed by atoms with Crippen LogP contribution in [0.15, 0.2) is 42.6 Å². The van der Waals surface area contributed by atoms with Crippen molar-refractivity contribution in [2.24, 2.45) is 0 Å². The Kier molecular flexibility index (Phi) is 6.25. The number of benzene rings is 2. The number of fused-ring (bicyclic) bond motifs is 1. The molecule has 7 heteroatoms. The lowest BCUT2D eigenvalue weighted by atomic mass is 10.0. The average Bonchev–Trinajstić information content (AvgIpc) is 3.21. The van der Waals surface area contributed by atoms with Crippen LogP contribution >= 0.6 is 0 Å². The minimum absolute atomic E-state index is 0.0949. The summed E-state index contributed by atoms with van der Waals surface area (Å²) >= 11 is 0. The topological polar surface area (TPSA) is 82.6 Å². The van der Waals surface area contributed by atoms with Gasteiger partial charge in [-0.05, 0) is 55.8 Å². The van der Waals surface area contributed by atoms with Gasteiger partial charge in [-0.2, -0.15) is 0 Å². The number of rotatable bonds is 7. The standard InChI is InChI=1S/C25H27N3O4/c1-15-13-26-16(2)25(28-15)17-5-7-23-18(9-17)11-21(32-23)14-27-24(29)12-19-10-20(30-3)6-8-22(19)31-4/h5-10,13,21H,11-12,14H2,1-4H3,(H,27,29)/t21-/m0/s1. The second-order valence-corrected chi connectivity index (χ2v) is 7.87. The third-order valence-corrected chi connectivity index (χ3v) is 5.52. The van der Waals surface area contributed by atoms with Crippen LogP contribution in [0.25, 0.3) is 11.3 Å². The molecule has 1 N–H and O–H groups in total. The van der Waals surface area contributed by atoms with E-state index in [0.717, 1.165) is 45.9 Å². The zero-order valence-electron chi connectivity index (χ0n) is 18.8. The molecule has 2 aromatic carbocycles. The zero-order valence-corrected chi connectivity index (χ0v) is 18.8. The first-order valence-corrected chi connectivity index (χ1v) is 10.5. The first kappa shape index (κ1) is 21.6. The van der Waals surface area contributed by atoms with E-state index in [1.165, 1.54) is 0 Å². The Balaban J connectivity index is 1.38. The molecule has 4 rings (SSSR count). The van der Waals surface area contributed by atoms with Crippen molar-refractivity contribution >= 4 is 5.91 Å². The van der Waals surface area contributed by atoms with Crippen LogP contribution in [0.1, 0.15) is 22.5 Å². The quantitative estimate of drug-likeness (QED) is 0.615. The number of carbonyl (C=O) groups excluding carboxylic acids is 1. The van der Waals surface area contributed by atoms with Gasteiger partial charge in [-0.25, -0.2) is 4.98 Å². The van der Waals surface area contributed by atoms with Crippen molar-refractivity contribution in [3.63, 3.8) is 0 Å². The SMILES string of the molecule is COc1ccc(OC)c(CC(=O)NC[C@@H]2Cc3cc(-c4nc(C)cnc4C)ccc3O2)c1. The molecule has 1 aromatic heterocycles. The molecule has 1 amide bonds. The van der Waals surface area contributed by atoms with Crippen molar-refractivity contribution < 1.29 is 19.0 Å². The molecule has 3 aromatic rings. The molecule has 1 aliphatic heterocycles. The van der Waals surface area contributed by atoms with Crippen molar-refractivity contribution in [1.82, 2.24) is 15.3 Å². The first-order valence-electron chi connectivity index (χ1n) is 10.5. The average molecular weight is 434 g/mol. The maximum absolute atomic E-state index is 12.5. The van der Waals surface area contributed by atoms with Gasteiger partial charge in [-0.15, -0.1) is 0 Å². The Labute approximate surface area is 187 Å². The number of carbonyl (C=O) groups is 1. The van der Waals surface area contributed by atoms with E-state index in [1.807, 2.05) is 38.1 Å². The number of aromatic nitrogens is 2. The summed E-state index contributed by atoms with van der Waals surface area (Å²) in [5, 5.41) is 2.98. The molecule has 0 fully saturated rings. The van der Waals surface area contributed by atoms with Crippen LogP contribution in [0.5, 0.6) is 17.2 Å². The third kappa shape index (κ3) is 4.66. The van der Waals surface area contributed by atoms with Crippen LogP contribution in [0.4, 0.5) is 0 Å². The molecule has 0 radical (unpaired) electrons. The van der Waals surface area contributed by atoms with Gasteiger partial charge in [0.25, 0.3) is 0 Å². The largest absolute Gasteiger partial charge is 0.497 e. The van der Waals surface area contributed by atoms with E-state index in [1.54, 1.807) is 26.5 Å². The number of nitrogens with one attached hydrogen (secondary N) is 1. The second-order valence-electron chi connectivity index (χ2n) is 7.87. The fourth-order valence-corrected chi connectivity index (χ4v) is 3.88. The summed E-state index contributed by atoms with van der Waals surface area (Å²) in [5.74, 6) is 2.10. The highest BCUT2D eigenvalue weighted by molar-refractivity contribution is 5.79. The highest BCUT2D eigenvalue weighted by Crippen LogP contribution is 2.33. The lowest BCUT2D eigenvalue weighted by Crippen LogP contribution is -2.35. The van der Waals surface area contributed by atoms with Gasteiger partial charge < -0.3 is 19.5 Å². The van der Waals surface area contributed by atoms with Crippen molar-refractivity contribution in [3.8, 4) is 28.5 Å². The van der Waals surface area contributed by atoms with Gasteiger partial charge in [0.15, 0.2) is 0 Å². The molecule has 0 saturated heterocycles. The van der Waals surface area contributed by atoms with E-state index in [4.69, 9.17) is 14.2 Å². The Morgan fingerprint density at radius 2 is 2.00 bits per heavy atom. The molecule has 166 valence electrons. The summed E-state index contributed by atoms with van der Waals surface area (Å²) in [6, 6.07) is 11.5. The van der Waals surface area contributed by atoms with E-state index in [2.05, 4.69) is 21.4 Å². The lowest BCUT2D eigenvalue weighted by Gasteiger charge is -2.13. The van der Waals surface area contributed by atoms with E-state index in [9.17, 15) is 4.79 Å². The van der Waals surface area contributed by atoms with Gasteiger partial charge >= 0.3 is 0 Å². The van der Waals surface area contributed by atoms with Crippen molar-refractivity contribution in [2.75, 3.05) is 20.8 Å². The van der Waals surface area contributed by atoms with Crippen LogP contribution < -0.4 is 19.5 Å². The van der Waals surface area contributed by atoms with Crippen LogP contribution in [-0.2, 0) is 17.6 Å². The minimum Gasteiger partial charge on any atom is -0.497 e. The molecule has 7 nitrogen and oxygen atoms in total. The number of hydrogen-bond donors (Lipinski definition) is 1. The fourth-order valence-electron chi connectivity index (χ4n) is 3.88. The normalized spacial score (nSPS) is 14.4. The summed E-state index contributed by atoms with van der Waals surface area (Å²) in [4.78, 5) is 21.6. The molecule has 0 unspecified atom stereocenters. The zero-order chi connectivity index (χ0) is 22.7. The summed E-state index contributed by atoms with van der Waals surface area (Å²) in [7, 11) is 3.18. The van der Waals surface area contributed by atoms with Crippen LogP contribution in [0.2, 0.25) is 0 Å². The Bertz CT molecular complexity index is 1150. The van der Waals surface area contributed by atoms with Gasteiger partial charge in [0, 0.05) is 23.7 Å². The number of aryl methyl sites for hydroxylation is 2. The molecular formula is C25H27N3O4. The molecular weight excluding hydrogens is 406 g/mol. The number of amides is 1. The summed E-state index contributed by atoms with van der Waals surface area (Å²) in [5.41, 5.74) is 5.58. The summed E-state index contributed by atoms with van der Waals surface area (Å²) in [6.45, 7) is 4.33. The van der Waals surface area contributed by atoms with Gasteiger partial charge in [0.2, 0.25) is 5.91 Å². The predicted octanol–water partition coefficient (Wildman–Crippen LogP) is 3.44. The number of ether oxygens (including phenoxy) is 3. The van der Waals surface area contributed by atoms with Gasteiger partial charge in [0.1, 0.15) is 23.4 Å². The maximum Gasteiger partial charge on any atom is 0.224 e. The number of nitrogens with zero attached hydrogens (tertiary/aromatic N) is 2. The molecule has 0 aliphatic carbocycles. The molecule has 32 heavy (non-hydrogen) atoms. The second kappa shape index (κ2) is 9.26. The van der Waals surface area contributed by atoms with Gasteiger partial charge in [-0.1, -0.05) is 0 Å². The molecule has 1 atom stereocenters. The maximum atomic E-state index is 12.5. The Morgan fingerprint density at radius 1 is 1.16 bits per heavy atom. The Morgan fingerprint density at radius 3 is 2.78 bits per heavy atom. The molecule has 0 saturated carbocycles. The molecule has 0 bridgehead atoms. The highest BCUT2D eigenvalue weighted by Gasteiger charge is 2.24. The minimum atomic E-state index is -0.110. The fraction of sp³-hybridized carbons (Fsp3) is 0.320. The molecule has 2 heterocycles. The molecule has 0 spiro atoms. The monoisotopic (exact) mass is 433 g/mol. The van der Waals surface area contributed by atoms with E-state index in [0.29, 0.717) is 18.0 Å². The van der Waals surface area contributed by atoms with Crippen LogP contribution in [0, 0.1) is 13.8 Å². The van der Waals surface area contributed by atoms with Crippen molar-refractivity contribution in [2.45, 2.75) is 32.8 Å². The summed E-state index contributed by atoms with van der Waals surface area (Å²) < 4.78 is 16.7. The van der Waals surface area contributed by atoms with Crippen LogP contribution in [-0.4, -0.2) is 42.7 Å². The lowest BCUT2D eigenvalue weighted by molar-refractivity contribution is -0.120. The van der Waals surface area contributed by atoms with E-state index < -0.39 is 0 Å². The number of hydrogen-bond acceptors (Lipinski definition) is 6. The van der Waals surface area contributed by atoms with Gasteiger partial charge in [0.05, 0.1) is 44.3 Å². The Hall–Kier alpha value is -3.61. The summed E-state index contributed by atoms with van der Waals surface area (Å²) in [6.07, 6.45) is 2.59. The number of methoxy groups -OCH3 is 2. The van der Waals surface area contributed by atoms with E-state index >= 15 is 0 Å². The first-order chi connectivity index (χ1) is 15.5.